The Bertz CT molecular complexity index is 1410. The van der Waals surface area contributed by atoms with Crippen LogP contribution in [0.2, 0.25) is 0 Å². The van der Waals surface area contributed by atoms with E-state index in [0.717, 1.165) is 11.8 Å². The molecule has 0 unspecified atom stereocenters. The highest BCUT2D eigenvalue weighted by molar-refractivity contribution is 8.13. The smallest absolute Gasteiger partial charge is 0.368 e. The Morgan fingerprint density at radius 3 is 2.33 bits per heavy atom. The van der Waals surface area contributed by atoms with Crippen molar-refractivity contribution in [2.24, 2.45) is 16.7 Å². The highest BCUT2D eigenvalue weighted by Crippen LogP contribution is 2.64. The number of carbonyl (C=O) groups excluding carboxylic acids is 4. The van der Waals surface area contributed by atoms with Gasteiger partial charge in [-0.3, -0.25) is 9.59 Å². The minimum Gasteiger partial charge on any atom is -0.455 e. The van der Waals surface area contributed by atoms with Gasteiger partial charge in [0.1, 0.15) is 17.8 Å². The first kappa shape index (κ1) is 33.6. The van der Waals surface area contributed by atoms with Crippen LogP contribution in [-0.2, 0) is 33.3 Å². The molecule has 1 heterocycles. The lowest BCUT2D eigenvalue weighted by molar-refractivity contribution is -0.347. The number of rotatable bonds is 6. The Morgan fingerprint density at radius 1 is 1.11 bits per heavy atom. The van der Waals surface area contributed by atoms with Crippen LogP contribution in [0.15, 0.2) is 41.5 Å². The quantitative estimate of drug-likeness (QED) is 0.263. The van der Waals surface area contributed by atoms with Gasteiger partial charge in [0.05, 0.1) is 35.7 Å². The number of ether oxygens (including phenoxy) is 5. The summed E-state index contributed by atoms with van der Waals surface area (Å²) in [6.07, 6.45) is -6.15. The number of ketones is 1. The largest absolute Gasteiger partial charge is 0.455 e. The third-order valence-electron chi connectivity index (χ3n) is 10.7. The summed E-state index contributed by atoms with van der Waals surface area (Å²) in [4.78, 5) is 54.9. The Balaban J connectivity index is 1.84. The van der Waals surface area contributed by atoms with Gasteiger partial charge < -0.3 is 33.9 Å². The van der Waals surface area contributed by atoms with Crippen LogP contribution in [0.5, 0.6) is 0 Å². The van der Waals surface area contributed by atoms with E-state index in [4.69, 9.17) is 23.7 Å². The van der Waals surface area contributed by atoms with Gasteiger partial charge in [-0.1, -0.05) is 39.0 Å². The van der Waals surface area contributed by atoms with Gasteiger partial charge in [-0.2, -0.15) is 0 Å². The van der Waals surface area contributed by atoms with E-state index in [1.807, 2.05) is 0 Å². The number of hydrogen-bond acceptors (Lipinski definition) is 12. The Hall–Kier alpha value is -2.77. The fourth-order valence-electron chi connectivity index (χ4n) is 8.31. The van der Waals surface area contributed by atoms with Crippen LogP contribution in [0.25, 0.3) is 0 Å². The lowest BCUT2D eigenvalue weighted by atomic mass is 9.44. The highest BCUT2D eigenvalue weighted by Gasteiger charge is 2.78. The summed E-state index contributed by atoms with van der Waals surface area (Å²) in [6.45, 7) is 9.48. The third-order valence-corrected chi connectivity index (χ3v) is 11.3. The van der Waals surface area contributed by atoms with Crippen molar-refractivity contribution in [3.63, 3.8) is 0 Å². The SMILES string of the molecule is CCSC(=O)O[C@H]1C(=O)[C@]2(C)[C@@H](OC)C[C@H]3OC[C@@]3(OC(C)=O)[C@H]2[C@H](OC(=O)c2ccccc2)[C@]2(O)C[C@H](O)C(C)=C1C2(C)C. The highest BCUT2D eigenvalue weighted by atomic mass is 32.2. The van der Waals surface area contributed by atoms with Crippen molar-refractivity contribution < 1.29 is 53.1 Å². The van der Waals surface area contributed by atoms with E-state index in [1.54, 1.807) is 65.0 Å². The summed E-state index contributed by atoms with van der Waals surface area (Å²) in [7, 11) is 1.43. The molecule has 4 aliphatic rings. The van der Waals surface area contributed by atoms with Crippen molar-refractivity contribution in [3.8, 4) is 0 Å². The number of fused-ring (bicyclic) bond motifs is 5. The molecule has 0 amide bonds. The molecule has 1 aromatic rings. The van der Waals surface area contributed by atoms with Crippen LogP contribution in [-0.4, -0.2) is 94.4 Å². The first-order valence-corrected chi connectivity index (χ1v) is 16.2. The second-order valence-corrected chi connectivity index (χ2v) is 14.4. The molecule has 0 aromatic heterocycles. The van der Waals surface area contributed by atoms with E-state index in [2.05, 4.69) is 0 Å². The van der Waals surface area contributed by atoms with Gasteiger partial charge in [-0.15, -0.1) is 0 Å². The van der Waals surface area contributed by atoms with Crippen molar-refractivity contribution in [2.75, 3.05) is 19.5 Å². The molecule has 246 valence electrons. The Kier molecular flexibility index (Phi) is 8.80. The van der Waals surface area contributed by atoms with Crippen LogP contribution in [0.4, 0.5) is 4.79 Å². The van der Waals surface area contributed by atoms with E-state index in [9.17, 15) is 24.6 Å². The first-order chi connectivity index (χ1) is 21.1. The standard InChI is InChI=1S/C33H42O11S/c1-8-45-29(38)42-24-23-17(2)20(35)15-33(39,30(23,4)5)27(43-28(37)19-12-10-9-11-13-19)25-31(6,26(24)36)21(40-7)14-22-32(25,16-41-22)44-18(3)34/h9-13,20-22,24-25,27,35,39H,8,14-16H2,1-7H3/t20-,21-,22+,24+,25-,27-,31+,32-,33+/m0/s1. The molecule has 11 nitrogen and oxygen atoms in total. The van der Waals surface area contributed by atoms with Crippen LogP contribution < -0.4 is 0 Å². The number of benzene rings is 1. The predicted octanol–water partition coefficient (Wildman–Crippen LogP) is 3.63. The summed E-state index contributed by atoms with van der Waals surface area (Å²) in [5, 5.41) is 23.8. The second kappa shape index (κ2) is 11.8. The molecule has 9 atom stereocenters. The molecule has 3 fully saturated rings. The maximum atomic E-state index is 15.2. The fraction of sp³-hybridized carbons (Fsp3) is 0.636. The summed E-state index contributed by atoms with van der Waals surface area (Å²) < 4.78 is 30.2. The number of aliphatic hydroxyl groups is 2. The van der Waals surface area contributed by atoms with Crippen molar-refractivity contribution in [1.29, 1.82) is 0 Å². The van der Waals surface area contributed by atoms with Crippen LogP contribution in [0.1, 0.15) is 64.7 Å². The molecule has 45 heavy (non-hydrogen) atoms. The maximum Gasteiger partial charge on any atom is 0.368 e. The third kappa shape index (κ3) is 4.95. The molecule has 2 N–H and O–H groups in total. The van der Waals surface area contributed by atoms with Gasteiger partial charge in [-0.05, 0) is 48.9 Å². The van der Waals surface area contributed by atoms with Crippen molar-refractivity contribution >= 4 is 34.8 Å². The summed E-state index contributed by atoms with van der Waals surface area (Å²) in [5.74, 6) is -2.87. The van der Waals surface area contributed by atoms with E-state index in [1.165, 1.54) is 14.0 Å². The Morgan fingerprint density at radius 2 is 1.78 bits per heavy atom. The number of esters is 2. The molecule has 5 rings (SSSR count). The molecule has 0 spiro atoms. The van der Waals surface area contributed by atoms with E-state index < -0.39 is 81.5 Å². The monoisotopic (exact) mass is 646 g/mol. The number of thioether (sulfide) groups is 1. The second-order valence-electron chi connectivity index (χ2n) is 13.2. The minimum absolute atomic E-state index is 0.134. The number of carbonyl (C=O) groups is 4. The predicted molar refractivity (Wildman–Crippen MR) is 162 cm³/mol. The molecular weight excluding hydrogens is 604 g/mol. The molecule has 0 radical (unpaired) electrons. The van der Waals surface area contributed by atoms with E-state index in [0.29, 0.717) is 11.3 Å². The normalized spacial score (nSPS) is 38.5. The summed E-state index contributed by atoms with van der Waals surface area (Å²) in [6, 6.07) is 8.20. The minimum atomic E-state index is -2.07. The average Bonchev–Trinajstić information content (AvgIpc) is 2.97. The molecule has 1 aromatic carbocycles. The number of Topliss-reactive ketones (excluding diaryl/α,β-unsaturated/α-hetero) is 1. The van der Waals surface area contributed by atoms with Crippen LogP contribution >= 0.6 is 11.8 Å². The van der Waals surface area contributed by atoms with Gasteiger partial charge in [0.15, 0.2) is 17.5 Å². The zero-order valence-corrected chi connectivity index (χ0v) is 27.5. The molecule has 2 bridgehead atoms. The average molecular weight is 647 g/mol. The Labute approximate surface area is 266 Å². The molecule has 1 saturated heterocycles. The number of aliphatic hydroxyl groups excluding tert-OH is 1. The lowest BCUT2D eigenvalue weighted by Gasteiger charge is -2.67. The zero-order chi connectivity index (χ0) is 33.1. The number of hydrogen-bond donors (Lipinski definition) is 2. The molecule has 1 aliphatic heterocycles. The lowest BCUT2D eigenvalue weighted by Crippen LogP contribution is -2.82. The van der Waals surface area contributed by atoms with Crippen molar-refractivity contribution in [2.45, 2.75) is 96.1 Å². The molecular formula is C33H42O11S. The molecule has 3 aliphatic carbocycles. The summed E-state index contributed by atoms with van der Waals surface area (Å²) >= 11 is 0.882. The summed E-state index contributed by atoms with van der Waals surface area (Å²) in [5.41, 5.74) is -5.86. The van der Waals surface area contributed by atoms with Crippen molar-refractivity contribution in [1.82, 2.24) is 0 Å². The van der Waals surface area contributed by atoms with Crippen LogP contribution in [0, 0.1) is 16.7 Å². The van der Waals surface area contributed by atoms with E-state index in [-0.39, 0.29) is 30.6 Å². The maximum absolute atomic E-state index is 15.2. The van der Waals surface area contributed by atoms with Gasteiger partial charge in [-0.25, -0.2) is 9.59 Å². The fourth-order valence-corrected chi connectivity index (χ4v) is 8.71. The number of methoxy groups -OCH3 is 1. The zero-order valence-electron chi connectivity index (χ0n) is 26.7. The van der Waals surface area contributed by atoms with Crippen molar-refractivity contribution in [3.05, 3.63) is 47.0 Å². The van der Waals surface area contributed by atoms with Gasteiger partial charge >= 0.3 is 17.2 Å². The topological polar surface area (TPSA) is 155 Å². The van der Waals surface area contributed by atoms with Gasteiger partial charge in [0.2, 0.25) is 0 Å². The van der Waals surface area contributed by atoms with E-state index >= 15 is 4.79 Å². The molecule has 12 heteroatoms. The van der Waals surface area contributed by atoms with Gasteiger partial charge in [0, 0.05) is 38.0 Å². The van der Waals surface area contributed by atoms with Gasteiger partial charge in [0.25, 0.3) is 0 Å². The van der Waals surface area contributed by atoms with Crippen LogP contribution in [0.3, 0.4) is 0 Å². The first-order valence-electron chi connectivity index (χ1n) is 15.2. The molecule has 2 saturated carbocycles.